The Morgan fingerprint density at radius 1 is 1.67 bits per heavy atom. The molecule has 4 heteroatoms. The van der Waals surface area contributed by atoms with Crippen LogP contribution in [0.25, 0.3) is 0 Å². The molecule has 0 spiro atoms. The minimum atomic E-state index is -0.469. The standard InChI is InChI=1S/C11H15FN2O/c1-8-3-5-14(10(8)7-15)9-2-4-13-11(12)6-9/h2,4,6,8,10,15H,3,5,7H2,1H3. The zero-order chi connectivity index (χ0) is 10.8. The third-order valence-corrected chi connectivity index (χ3v) is 3.11. The fraction of sp³-hybridized carbons (Fsp3) is 0.545. The maximum Gasteiger partial charge on any atom is 0.214 e. The maximum atomic E-state index is 12.9. The lowest BCUT2D eigenvalue weighted by Gasteiger charge is -2.27. The van der Waals surface area contributed by atoms with Gasteiger partial charge in [0.1, 0.15) is 0 Å². The molecule has 2 rings (SSSR count). The van der Waals surface area contributed by atoms with E-state index in [1.54, 1.807) is 6.07 Å². The van der Waals surface area contributed by atoms with Gasteiger partial charge in [-0.3, -0.25) is 0 Å². The number of aliphatic hydroxyl groups excluding tert-OH is 1. The zero-order valence-electron chi connectivity index (χ0n) is 8.73. The number of anilines is 1. The van der Waals surface area contributed by atoms with Crippen LogP contribution >= 0.6 is 0 Å². The molecule has 1 fully saturated rings. The predicted octanol–water partition coefficient (Wildman–Crippen LogP) is 1.43. The summed E-state index contributed by atoms with van der Waals surface area (Å²) in [6, 6.07) is 3.30. The highest BCUT2D eigenvalue weighted by Gasteiger charge is 2.30. The van der Waals surface area contributed by atoms with Gasteiger partial charge in [-0.25, -0.2) is 4.98 Å². The molecule has 0 aromatic carbocycles. The number of nitrogens with zero attached hydrogens (tertiary/aromatic N) is 2. The Labute approximate surface area is 88.6 Å². The minimum Gasteiger partial charge on any atom is -0.394 e. The van der Waals surface area contributed by atoms with Crippen molar-refractivity contribution in [3.8, 4) is 0 Å². The summed E-state index contributed by atoms with van der Waals surface area (Å²) in [5, 5.41) is 9.29. The second-order valence-electron chi connectivity index (χ2n) is 4.05. The topological polar surface area (TPSA) is 36.4 Å². The van der Waals surface area contributed by atoms with Crippen LogP contribution in [0.2, 0.25) is 0 Å². The van der Waals surface area contributed by atoms with Crippen LogP contribution in [-0.2, 0) is 0 Å². The molecular weight excluding hydrogens is 195 g/mol. The Hall–Kier alpha value is -1.16. The van der Waals surface area contributed by atoms with Gasteiger partial charge in [-0.1, -0.05) is 6.92 Å². The van der Waals surface area contributed by atoms with Crippen molar-refractivity contribution in [1.82, 2.24) is 4.98 Å². The lowest BCUT2D eigenvalue weighted by molar-refractivity contribution is 0.244. The number of halogens is 1. The summed E-state index contributed by atoms with van der Waals surface area (Å²) < 4.78 is 12.9. The van der Waals surface area contributed by atoms with Crippen LogP contribution in [0.4, 0.5) is 10.1 Å². The molecule has 2 atom stereocenters. The lowest BCUT2D eigenvalue weighted by atomic mass is 10.0. The van der Waals surface area contributed by atoms with E-state index in [1.807, 2.05) is 0 Å². The van der Waals surface area contributed by atoms with Gasteiger partial charge in [0.05, 0.1) is 12.6 Å². The lowest BCUT2D eigenvalue weighted by Crippen LogP contribution is -2.35. The van der Waals surface area contributed by atoms with Gasteiger partial charge in [0.15, 0.2) is 0 Å². The molecule has 0 radical (unpaired) electrons. The largest absolute Gasteiger partial charge is 0.394 e. The van der Waals surface area contributed by atoms with Crippen LogP contribution in [0.3, 0.4) is 0 Å². The fourth-order valence-electron chi connectivity index (χ4n) is 2.18. The molecule has 0 saturated carbocycles. The van der Waals surface area contributed by atoms with Crippen molar-refractivity contribution in [1.29, 1.82) is 0 Å². The van der Waals surface area contributed by atoms with Gasteiger partial charge in [-0.15, -0.1) is 0 Å². The molecule has 0 amide bonds. The monoisotopic (exact) mass is 210 g/mol. The maximum absolute atomic E-state index is 12.9. The number of hydrogen-bond donors (Lipinski definition) is 1. The van der Waals surface area contributed by atoms with Gasteiger partial charge in [-0.2, -0.15) is 4.39 Å². The minimum absolute atomic E-state index is 0.104. The van der Waals surface area contributed by atoms with E-state index in [0.29, 0.717) is 5.92 Å². The molecular formula is C11H15FN2O. The Bertz CT molecular complexity index is 345. The van der Waals surface area contributed by atoms with Gasteiger partial charge in [0, 0.05) is 24.5 Å². The van der Waals surface area contributed by atoms with Crippen molar-refractivity contribution in [2.45, 2.75) is 19.4 Å². The van der Waals surface area contributed by atoms with E-state index in [0.717, 1.165) is 18.7 Å². The highest BCUT2D eigenvalue weighted by atomic mass is 19.1. The van der Waals surface area contributed by atoms with Gasteiger partial charge in [-0.05, 0) is 18.4 Å². The van der Waals surface area contributed by atoms with Gasteiger partial charge in [0.25, 0.3) is 0 Å². The first-order valence-corrected chi connectivity index (χ1v) is 5.21. The number of hydrogen-bond acceptors (Lipinski definition) is 3. The van der Waals surface area contributed by atoms with E-state index in [2.05, 4.69) is 16.8 Å². The van der Waals surface area contributed by atoms with Crippen molar-refractivity contribution in [2.75, 3.05) is 18.1 Å². The smallest absolute Gasteiger partial charge is 0.214 e. The summed E-state index contributed by atoms with van der Waals surface area (Å²) in [6.45, 7) is 3.10. The van der Waals surface area contributed by atoms with E-state index in [1.165, 1.54) is 12.3 Å². The molecule has 1 aliphatic rings. The van der Waals surface area contributed by atoms with E-state index in [4.69, 9.17) is 0 Å². The van der Waals surface area contributed by atoms with E-state index in [9.17, 15) is 9.50 Å². The Morgan fingerprint density at radius 2 is 2.47 bits per heavy atom. The van der Waals surface area contributed by atoms with Crippen molar-refractivity contribution < 1.29 is 9.50 Å². The summed E-state index contributed by atoms with van der Waals surface area (Å²) in [5.41, 5.74) is 0.811. The van der Waals surface area contributed by atoms with Gasteiger partial charge < -0.3 is 10.0 Å². The van der Waals surface area contributed by atoms with Crippen LogP contribution in [0, 0.1) is 11.9 Å². The second kappa shape index (κ2) is 4.14. The summed E-state index contributed by atoms with van der Waals surface area (Å²) in [5.74, 6) is -0.0185. The highest BCUT2D eigenvalue weighted by molar-refractivity contribution is 5.47. The molecule has 1 aromatic heterocycles. The van der Waals surface area contributed by atoms with Crippen molar-refractivity contribution in [3.05, 3.63) is 24.3 Å². The summed E-state index contributed by atoms with van der Waals surface area (Å²) in [4.78, 5) is 5.58. The van der Waals surface area contributed by atoms with Crippen LogP contribution < -0.4 is 4.90 Å². The highest BCUT2D eigenvalue weighted by Crippen LogP contribution is 2.29. The number of aliphatic hydroxyl groups is 1. The predicted molar refractivity (Wildman–Crippen MR) is 56.2 cm³/mol. The molecule has 82 valence electrons. The quantitative estimate of drug-likeness (QED) is 0.750. The van der Waals surface area contributed by atoms with E-state index < -0.39 is 5.95 Å². The molecule has 0 aliphatic carbocycles. The summed E-state index contributed by atoms with van der Waals surface area (Å²) in [7, 11) is 0. The number of rotatable bonds is 2. The summed E-state index contributed by atoms with van der Waals surface area (Å²) in [6.07, 6.45) is 2.50. The fourth-order valence-corrected chi connectivity index (χ4v) is 2.18. The van der Waals surface area contributed by atoms with E-state index >= 15 is 0 Å². The molecule has 1 N–H and O–H groups in total. The van der Waals surface area contributed by atoms with Crippen molar-refractivity contribution in [3.63, 3.8) is 0 Å². The summed E-state index contributed by atoms with van der Waals surface area (Å²) >= 11 is 0. The van der Waals surface area contributed by atoms with Crippen LogP contribution in [0.5, 0.6) is 0 Å². The van der Waals surface area contributed by atoms with Gasteiger partial charge in [0.2, 0.25) is 5.95 Å². The van der Waals surface area contributed by atoms with Crippen molar-refractivity contribution in [2.24, 2.45) is 5.92 Å². The third kappa shape index (κ3) is 1.95. The van der Waals surface area contributed by atoms with Crippen molar-refractivity contribution >= 4 is 5.69 Å². The molecule has 0 bridgehead atoms. The molecule has 1 aromatic rings. The molecule has 1 aliphatic heterocycles. The SMILES string of the molecule is CC1CCN(c2ccnc(F)c2)C1CO. The third-order valence-electron chi connectivity index (χ3n) is 3.11. The number of aromatic nitrogens is 1. The van der Waals surface area contributed by atoms with Crippen LogP contribution in [0.1, 0.15) is 13.3 Å². The molecule has 15 heavy (non-hydrogen) atoms. The Balaban J connectivity index is 2.23. The molecule has 3 nitrogen and oxygen atoms in total. The molecule has 2 heterocycles. The van der Waals surface area contributed by atoms with Crippen LogP contribution in [0.15, 0.2) is 18.3 Å². The average molecular weight is 210 g/mol. The zero-order valence-corrected chi connectivity index (χ0v) is 8.73. The molecule has 1 saturated heterocycles. The normalized spacial score (nSPS) is 25.9. The first kappa shape index (κ1) is 10.4. The first-order valence-electron chi connectivity index (χ1n) is 5.21. The second-order valence-corrected chi connectivity index (χ2v) is 4.05. The van der Waals surface area contributed by atoms with E-state index in [-0.39, 0.29) is 12.6 Å². The molecule has 2 unspecified atom stereocenters. The number of pyridine rings is 1. The Kier molecular flexibility index (Phi) is 2.86. The first-order chi connectivity index (χ1) is 7.22. The van der Waals surface area contributed by atoms with Gasteiger partial charge >= 0.3 is 0 Å². The average Bonchev–Trinajstić information content (AvgIpc) is 2.59. The Morgan fingerprint density at radius 3 is 3.13 bits per heavy atom. The van der Waals surface area contributed by atoms with Crippen LogP contribution in [-0.4, -0.2) is 29.3 Å².